The van der Waals surface area contributed by atoms with Crippen molar-refractivity contribution in [3.8, 4) is 0 Å². The monoisotopic (exact) mass is 403 g/mol. The van der Waals surface area contributed by atoms with Gasteiger partial charge in [-0.3, -0.25) is 0 Å². The minimum absolute atomic E-state index is 0.0106. The van der Waals surface area contributed by atoms with E-state index in [2.05, 4.69) is 27.7 Å². The standard InChI is InChI=1S/C15H27NO3.C6H14O.CH4O/c1-9(2)6-7-11(5)14(17)13(15(18)19)12(16)8-10(3)4;1-6(2)4-3-5-7;1-2/h9-11,16-17H,6-8H2,1-5H3,(H,18,19);6-7H,3-5H2,1-2H3;2H,1H3/b14-13+,16-12?;;. The van der Waals surface area contributed by atoms with Gasteiger partial charge < -0.3 is 25.8 Å². The second-order valence-corrected chi connectivity index (χ2v) is 8.27. The fraction of sp³-hybridized carbons (Fsp3) is 0.818. The number of rotatable bonds is 11. The van der Waals surface area contributed by atoms with E-state index < -0.39 is 5.97 Å². The third kappa shape index (κ3) is 18.0. The molecule has 0 heterocycles. The average Bonchev–Trinajstić information content (AvgIpc) is 2.59. The topological polar surface area (TPSA) is 122 Å². The highest BCUT2D eigenvalue weighted by Gasteiger charge is 2.23. The Balaban J connectivity index is -0.000000581. The largest absolute Gasteiger partial charge is 0.511 e. The molecule has 0 fully saturated rings. The number of carboxylic acids is 1. The summed E-state index contributed by atoms with van der Waals surface area (Å²) in [6, 6.07) is 0. The molecule has 28 heavy (non-hydrogen) atoms. The van der Waals surface area contributed by atoms with Crippen LogP contribution in [0, 0.1) is 29.1 Å². The molecule has 6 heteroatoms. The van der Waals surface area contributed by atoms with E-state index in [0.717, 1.165) is 38.7 Å². The molecular formula is C22H45NO5. The second kappa shape index (κ2) is 18.9. The van der Waals surface area contributed by atoms with Gasteiger partial charge in [-0.1, -0.05) is 54.9 Å². The first-order chi connectivity index (χ1) is 12.9. The van der Waals surface area contributed by atoms with Crippen LogP contribution in [0.2, 0.25) is 0 Å². The summed E-state index contributed by atoms with van der Waals surface area (Å²) in [5.74, 6) is -0.134. The fourth-order valence-corrected chi connectivity index (χ4v) is 2.37. The quantitative estimate of drug-likeness (QED) is 0.188. The molecule has 0 rings (SSSR count). The summed E-state index contributed by atoms with van der Waals surface area (Å²) in [6.45, 7) is 14.5. The Hall–Kier alpha value is -1.40. The number of carboxylic acid groups (broad SMARTS) is 1. The molecule has 0 aliphatic rings. The molecule has 0 saturated carbocycles. The molecule has 0 aromatic rings. The van der Waals surface area contributed by atoms with E-state index in [1.54, 1.807) is 0 Å². The van der Waals surface area contributed by atoms with Gasteiger partial charge in [0.25, 0.3) is 0 Å². The van der Waals surface area contributed by atoms with Crippen LogP contribution in [0.15, 0.2) is 11.3 Å². The summed E-state index contributed by atoms with van der Waals surface area (Å²) in [6.07, 6.45) is 4.13. The first-order valence-corrected chi connectivity index (χ1v) is 10.2. The Morgan fingerprint density at radius 1 is 0.821 bits per heavy atom. The molecule has 0 aromatic heterocycles. The molecule has 5 N–H and O–H groups in total. The lowest BCUT2D eigenvalue weighted by Crippen LogP contribution is -2.19. The summed E-state index contributed by atoms with van der Waals surface area (Å²) in [4.78, 5) is 11.2. The Labute approximate surface area is 172 Å². The van der Waals surface area contributed by atoms with Crippen LogP contribution in [-0.2, 0) is 4.79 Å². The van der Waals surface area contributed by atoms with Gasteiger partial charge in [0, 0.05) is 25.3 Å². The number of hydrogen-bond donors (Lipinski definition) is 5. The van der Waals surface area contributed by atoms with Crippen molar-refractivity contribution in [3.05, 3.63) is 11.3 Å². The maximum absolute atomic E-state index is 11.2. The zero-order valence-corrected chi connectivity index (χ0v) is 19.2. The molecule has 1 atom stereocenters. The van der Waals surface area contributed by atoms with E-state index in [1.807, 2.05) is 20.8 Å². The number of carbonyl (C=O) groups is 1. The van der Waals surface area contributed by atoms with Crippen molar-refractivity contribution in [2.24, 2.45) is 23.7 Å². The van der Waals surface area contributed by atoms with Crippen molar-refractivity contribution < 1.29 is 25.2 Å². The van der Waals surface area contributed by atoms with Gasteiger partial charge in [0.05, 0.1) is 0 Å². The van der Waals surface area contributed by atoms with Crippen molar-refractivity contribution in [1.29, 1.82) is 5.41 Å². The Morgan fingerprint density at radius 3 is 1.57 bits per heavy atom. The first-order valence-electron chi connectivity index (χ1n) is 10.2. The third-order valence-corrected chi connectivity index (χ3v) is 3.97. The van der Waals surface area contributed by atoms with Gasteiger partial charge in [0.15, 0.2) is 0 Å². The van der Waals surface area contributed by atoms with Crippen LogP contribution in [0.3, 0.4) is 0 Å². The molecule has 0 radical (unpaired) electrons. The zero-order chi connectivity index (χ0) is 22.9. The summed E-state index contributed by atoms with van der Waals surface area (Å²) >= 11 is 0. The average molecular weight is 404 g/mol. The smallest absolute Gasteiger partial charge is 0.340 e. The SMILES string of the molecule is CC(C)CCC(C)/C(O)=C(/C(=N)CC(C)C)C(=O)O.CC(C)CCCO.CO. The van der Waals surface area contributed by atoms with E-state index in [4.69, 9.17) is 15.6 Å². The molecule has 1 unspecified atom stereocenters. The van der Waals surface area contributed by atoms with Gasteiger partial charge in [-0.2, -0.15) is 0 Å². The fourth-order valence-electron chi connectivity index (χ4n) is 2.37. The lowest BCUT2D eigenvalue weighted by molar-refractivity contribution is -0.132. The van der Waals surface area contributed by atoms with E-state index >= 15 is 0 Å². The summed E-state index contributed by atoms with van der Waals surface area (Å²) < 4.78 is 0. The first kappa shape index (κ1) is 31.3. The number of aliphatic hydroxyl groups is 3. The second-order valence-electron chi connectivity index (χ2n) is 8.27. The normalized spacial score (nSPS) is 12.6. The van der Waals surface area contributed by atoms with Crippen LogP contribution in [0.5, 0.6) is 0 Å². The molecule has 0 bridgehead atoms. The maximum atomic E-state index is 11.2. The predicted octanol–water partition coefficient (Wildman–Crippen LogP) is 5.04. The van der Waals surface area contributed by atoms with Crippen LogP contribution >= 0.6 is 0 Å². The van der Waals surface area contributed by atoms with Gasteiger partial charge >= 0.3 is 5.97 Å². The molecule has 0 spiro atoms. The zero-order valence-electron chi connectivity index (χ0n) is 19.2. The van der Waals surface area contributed by atoms with E-state index in [1.165, 1.54) is 0 Å². The molecular weight excluding hydrogens is 358 g/mol. The van der Waals surface area contributed by atoms with Crippen molar-refractivity contribution in [3.63, 3.8) is 0 Å². The third-order valence-electron chi connectivity index (χ3n) is 3.97. The number of hydrogen-bond acceptors (Lipinski definition) is 5. The molecule has 0 amide bonds. The minimum Gasteiger partial charge on any atom is -0.511 e. The van der Waals surface area contributed by atoms with E-state index in [9.17, 15) is 15.0 Å². The minimum atomic E-state index is -1.21. The number of allylic oxidation sites excluding steroid dienone is 1. The van der Waals surface area contributed by atoms with Gasteiger partial charge in [0.2, 0.25) is 0 Å². The highest BCUT2D eigenvalue weighted by molar-refractivity contribution is 6.18. The molecule has 168 valence electrons. The molecule has 6 nitrogen and oxygen atoms in total. The van der Waals surface area contributed by atoms with Crippen LogP contribution in [0.25, 0.3) is 0 Å². The van der Waals surface area contributed by atoms with E-state index in [0.29, 0.717) is 18.9 Å². The summed E-state index contributed by atoms with van der Waals surface area (Å²) in [5.41, 5.74) is -0.207. The van der Waals surface area contributed by atoms with Gasteiger partial charge in [-0.05, 0) is 43.4 Å². The molecule has 0 aliphatic heterocycles. The number of aliphatic carboxylic acids is 1. The molecule has 0 aliphatic carbocycles. The van der Waals surface area contributed by atoms with Gasteiger partial charge in [-0.25, -0.2) is 4.79 Å². The van der Waals surface area contributed by atoms with Crippen LogP contribution in [-0.4, -0.2) is 45.8 Å². The van der Waals surface area contributed by atoms with Gasteiger partial charge in [-0.15, -0.1) is 0 Å². The Kier molecular flexibility index (Phi) is 21.2. The Bertz CT molecular complexity index is 442. The number of nitrogens with one attached hydrogen (secondary N) is 1. The molecule has 0 aromatic carbocycles. The van der Waals surface area contributed by atoms with Crippen LogP contribution in [0.4, 0.5) is 0 Å². The van der Waals surface area contributed by atoms with Crippen molar-refractivity contribution >= 4 is 11.7 Å². The van der Waals surface area contributed by atoms with Crippen molar-refractivity contribution in [2.45, 2.75) is 80.6 Å². The highest BCUT2D eigenvalue weighted by Crippen LogP contribution is 2.22. The van der Waals surface area contributed by atoms with E-state index in [-0.39, 0.29) is 28.9 Å². The Morgan fingerprint density at radius 2 is 1.29 bits per heavy atom. The van der Waals surface area contributed by atoms with Gasteiger partial charge in [0.1, 0.15) is 11.3 Å². The number of aliphatic hydroxyl groups excluding tert-OH is 3. The molecule has 0 saturated heterocycles. The highest BCUT2D eigenvalue weighted by atomic mass is 16.4. The maximum Gasteiger partial charge on any atom is 0.340 e. The van der Waals surface area contributed by atoms with Crippen molar-refractivity contribution in [1.82, 2.24) is 0 Å². The van der Waals surface area contributed by atoms with Crippen LogP contribution in [0.1, 0.15) is 80.6 Å². The lowest BCUT2D eigenvalue weighted by atomic mass is 9.92. The lowest BCUT2D eigenvalue weighted by Gasteiger charge is -2.16. The van der Waals surface area contributed by atoms with Crippen molar-refractivity contribution in [2.75, 3.05) is 13.7 Å². The summed E-state index contributed by atoms with van der Waals surface area (Å²) in [7, 11) is 1.00. The van der Waals surface area contributed by atoms with Crippen LogP contribution < -0.4 is 0 Å². The predicted molar refractivity (Wildman–Crippen MR) is 117 cm³/mol. The summed E-state index contributed by atoms with van der Waals surface area (Å²) in [5, 5.41) is 42.5.